The molecule has 0 spiro atoms. The molecule has 0 saturated carbocycles. The summed E-state index contributed by atoms with van der Waals surface area (Å²) < 4.78 is 2.66. The van der Waals surface area contributed by atoms with Crippen molar-refractivity contribution < 1.29 is 0 Å². The van der Waals surface area contributed by atoms with Crippen LogP contribution in [-0.2, 0) is 5.41 Å². The van der Waals surface area contributed by atoms with Gasteiger partial charge in [0.15, 0.2) is 0 Å². The van der Waals surface area contributed by atoms with Crippen molar-refractivity contribution in [2.24, 2.45) is 0 Å². The van der Waals surface area contributed by atoms with Gasteiger partial charge in [-0.1, -0.05) is 129 Å². The highest BCUT2D eigenvalue weighted by atomic mass is 32.1. The number of hydrogen-bond acceptors (Lipinski definition) is 3. The molecule has 50 heavy (non-hydrogen) atoms. The molecule has 8 aromatic rings. The van der Waals surface area contributed by atoms with Crippen LogP contribution in [0.15, 0.2) is 146 Å². The average Bonchev–Trinajstić information content (AvgIpc) is 3.54. The summed E-state index contributed by atoms with van der Waals surface area (Å²) in [5.41, 5.74) is 18.1. The van der Waals surface area contributed by atoms with E-state index in [1.807, 2.05) is 11.3 Å². The summed E-state index contributed by atoms with van der Waals surface area (Å²) in [6.45, 7) is 7.04. The second kappa shape index (κ2) is 10.00. The number of fused-ring (bicyclic) bond motifs is 9. The standard InChI is InChI=1S/C46H33BN2S/c1-28-25-34-31-24-23-30(29-13-5-4-6-14-29)27-40(31)49(39-21-11-16-33-32-15-7-10-22-42(32)50-45(33)39)47-37-19-12-18-36-44(37)48(41(26-28)43(34)47)38-20-9-8-17-35(38)46(36,2)3/h4-27H,1-3H3. The van der Waals surface area contributed by atoms with Crippen molar-refractivity contribution in [2.75, 3.05) is 9.71 Å². The van der Waals surface area contributed by atoms with E-state index in [1.165, 1.54) is 98.5 Å². The Morgan fingerprint density at radius 1 is 0.560 bits per heavy atom. The van der Waals surface area contributed by atoms with Gasteiger partial charge in [0, 0.05) is 49.2 Å². The lowest BCUT2D eigenvalue weighted by atomic mass is 9.42. The molecule has 0 amide bonds. The lowest BCUT2D eigenvalue weighted by molar-refractivity contribution is 0.632. The van der Waals surface area contributed by atoms with Crippen LogP contribution in [0.1, 0.15) is 30.5 Å². The van der Waals surface area contributed by atoms with Crippen LogP contribution < -0.4 is 20.6 Å². The highest BCUT2D eigenvalue weighted by molar-refractivity contribution is 7.26. The van der Waals surface area contributed by atoms with E-state index >= 15 is 0 Å². The average molecular weight is 657 g/mol. The Hall–Kier alpha value is -5.58. The molecule has 3 aliphatic heterocycles. The molecule has 0 unspecified atom stereocenters. The van der Waals surface area contributed by atoms with Crippen molar-refractivity contribution in [1.29, 1.82) is 0 Å². The Kier molecular flexibility index (Phi) is 5.65. The molecule has 0 atom stereocenters. The monoisotopic (exact) mass is 656 g/mol. The molecule has 0 radical (unpaired) electrons. The molecule has 4 heterocycles. The van der Waals surface area contributed by atoms with Gasteiger partial charge < -0.3 is 9.71 Å². The molecule has 1 aromatic heterocycles. The molecular weight excluding hydrogens is 623 g/mol. The van der Waals surface area contributed by atoms with E-state index < -0.39 is 0 Å². The van der Waals surface area contributed by atoms with Crippen molar-refractivity contribution in [3.63, 3.8) is 0 Å². The Bertz CT molecular complexity index is 2720. The minimum absolute atomic E-state index is 0.0119. The van der Waals surface area contributed by atoms with Gasteiger partial charge in [0.1, 0.15) is 0 Å². The first kappa shape index (κ1) is 28.3. The zero-order valence-corrected chi connectivity index (χ0v) is 29.1. The number of nitrogens with zero attached hydrogens (tertiary/aromatic N) is 2. The van der Waals surface area contributed by atoms with E-state index in [1.54, 1.807) is 0 Å². The minimum Gasteiger partial charge on any atom is -0.375 e. The maximum Gasteiger partial charge on any atom is 0.333 e. The third kappa shape index (κ3) is 3.64. The third-order valence-corrected chi connectivity index (χ3v) is 12.7. The largest absolute Gasteiger partial charge is 0.375 e. The van der Waals surface area contributed by atoms with E-state index in [9.17, 15) is 0 Å². The number of benzene rings is 7. The zero-order valence-electron chi connectivity index (χ0n) is 28.2. The minimum atomic E-state index is -0.147. The summed E-state index contributed by atoms with van der Waals surface area (Å²) in [5.74, 6) is 0. The van der Waals surface area contributed by atoms with Crippen LogP contribution >= 0.6 is 11.3 Å². The molecule has 0 fully saturated rings. The number of para-hydroxylation sites is 2. The SMILES string of the molecule is Cc1cc2c3c(c1)N1c4ccccc4C(C)(C)c4cccc(c41)B3N(c1cccc3c1sc1ccccc13)c1cc(-c3ccccc3)ccc1-2. The summed E-state index contributed by atoms with van der Waals surface area (Å²) in [4.78, 5) is 5.29. The van der Waals surface area contributed by atoms with Gasteiger partial charge in [-0.2, -0.15) is 0 Å². The van der Waals surface area contributed by atoms with E-state index in [0.29, 0.717) is 0 Å². The van der Waals surface area contributed by atoms with Gasteiger partial charge in [0.25, 0.3) is 0 Å². The number of thiophene rings is 1. The second-order valence-corrected chi connectivity index (χ2v) is 15.6. The molecule has 236 valence electrons. The van der Waals surface area contributed by atoms with Crippen molar-refractivity contribution in [2.45, 2.75) is 26.2 Å². The number of rotatable bonds is 2. The first-order valence-corrected chi connectivity index (χ1v) is 18.4. The normalized spacial score (nSPS) is 14.7. The van der Waals surface area contributed by atoms with Gasteiger partial charge >= 0.3 is 6.85 Å². The van der Waals surface area contributed by atoms with Crippen LogP contribution in [0.2, 0.25) is 0 Å². The van der Waals surface area contributed by atoms with Crippen LogP contribution in [0.25, 0.3) is 42.4 Å². The van der Waals surface area contributed by atoms with E-state index in [-0.39, 0.29) is 12.3 Å². The first-order chi connectivity index (χ1) is 24.5. The molecule has 4 heteroatoms. The van der Waals surface area contributed by atoms with Gasteiger partial charge in [-0.15, -0.1) is 11.3 Å². The molecule has 0 N–H and O–H groups in total. The van der Waals surface area contributed by atoms with Crippen LogP contribution in [0, 0.1) is 6.92 Å². The predicted octanol–water partition coefficient (Wildman–Crippen LogP) is 11.4. The molecule has 0 saturated heterocycles. The van der Waals surface area contributed by atoms with Crippen LogP contribution in [-0.4, -0.2) is 6.85 Å². The summed E-state index contributed by atoms with van der Waals surface area (Å²) >= 11 is 1.91. The molecule has 0 bridgehead atoms. The lowest BCUT2D eigenvalue weighted by Crippen LogP contribution is -2.62. The lowest BCUT2D eigenvalue weighted by Gasteiger charge is -2.50. The second-order valence-electron chi connectivity index (χ2n) is 14.6. The van der Waals surface area contributed by atoms with E-state index in [0.717, 1.165) is 0 Å². The first-order valence-electron chi connectivity index (χ1n) is 17.6. The van der Waals surface area contributed by atoms with E-state index in [4.69, 9.17) is 0 Å². The topological polar surface area (TPSA) is 6.48 Å². The Morgan fingerprint density at radius 2 is 1.30 bits per heavy atom. The molecule has 7 aromatic carbocycles. The quantitative estimate of drug-likeness (QED) is 0.171. The predicted molar refractivity (Wildman–Crippen MR) is 215 cm³/mol. The molecule has 0 aliphatic carbocycles. The fourth-order valence-corrected chi connectivity index (χ4v) is 10.5. The summed E-state index contributed by atoms with van der Waals surface area (Å²) in [6, 6.07) is 54.7. The highest BCUT2D eigenvalue weighted by Crippen LogP contribution is 2.55. The molecule has 11 rings (SSSR count). The Morgan fingerprint density at radius 3 is 2.20 bits per heavy atom. The summed E-state index contributed by atoms with van der Waals surface area (Å²) in [7, 11) is 0. The van der Waals surface area contributed by atoms with Gasteiger partial charge in [0.2, 0.25) is 0 Å². The molecular formula is C46H33BN2S. The van der Waals surface area contributed by atoms with Crippen molar-refractivity contribution >= 4 is 77.7 Å². The highest BCUT2D eigenvalue weighted by Gasteiger charge is 2.49. The van der Waals surface area contributed by atoms with Gasteiger partial charge in [-0.05, 0) is 81.6 Å². The van der Waals surface area contributed by atoms with Crippen molar-refractivity contribution in [3.05, 3.63) is 162 Å². The zero-order chi connectivity index (χ0) is 33.3. The summed E-state index contributed by atoms with van der Waals surface area (Å²) in [6.07, 6.45) is 0. The Labute approximate surface area is 297 Å². The van der Waals surface area contributed by atoms with Gasteiger partial charge in [-0.3, -0.25) is 0 Å². The van der Waals surface area contributed by atoms with Gasteiger partial charge in [0.05, 0.1) is 10.4 Å². The van der Waals surface area contributed by atoms with Crippen LogP contribution in [0.5, 0.6) is 0 Å². The van der Waals surface area contributed by atoms with Crippen molar-refractivity contribution in [1.82, 2.24) is 0 Å². The number of hydrogen-bond donors (Lipinski definition) is 0. The van der Waals surface area contributed by atoms with Crippen molar-refractivity contribution in [3.8, 4) is 22.3 Å². The molecule has 2 nitrogen and oxygen atoms in total. The number of aryl methyl sites for hydroxylation is 1. The molecule has 3 aliphatic rings. The van der Waals surface area contributed by atoms with E-state index in [2.05, 4.69) is 176 Å². The van der Waals surface area contributed by atoms with Crippen LogP contribution in [0.3, 0.4) is 0 Å². The number of anilines is 5. The van der Waals surface area contributed by atoms with Crippen LogP contribution in [0.4, 0.5) is 28.4 Å². The summed E-state index contributed by atoms with van der Waals surface area (Å²) in [5, 5.41) is 2.65. The fraction of sp³-hybridized carbons (Fsp3) is 0.0870. The third-order valence-electron chi connectivity index (χ3n) is 11.4. The maximum atomic E-state index is 2.70. The smallest absolute Gasteiger partial charge is 0.333 e. The fourth-order valence-electron chi connectivity index (χ4n) is 9.24. The maximum absolute atomic E-state index is 2.70. The van der Waals surface area contributed by atoms with Gasteiger partial charge in [-0.25, -0.2) is 0 Å². The Balaban J connectivity index is 1.29.